The molecule has 1 saturated heterocycles. The first-order valence-corrected chi connectivity index (χ1v) is 12.4. The Morgan fingerprint density at radius 1 is 1.10 bits per heavy atom. The van der Waals surface area contributed by atoms with Gasteiger partial charge in [-0.3, -0.25) is 14.0 Å². The van der Waals surface area contributed by atoms with Gasteiger partial charge in [-0.05, 0) is 62.2 Å². The number of halogens is 1. The Balaban J connectivity index is 1.71. The van der Waals surface area contributed by atoms with Gasteiger partial charge in [0.25, 0.3) is 0 Å². The highest BCUT2D eigenvalue weighted by Crippen LogP contribution is 2.22. The minimum absolute atomic E-state index is 0.121. The van der Waals surface area contributed by atoms with Crippen LogP contribution < -0.4 is 9.62 Å². The van der Waals surface area contributed by atoms with E-state index in [-0.39, 0.29) is 5.69 Å². The van der Waals surface area contributed by atoms with Crippen LogP contribution in [0.2, 0.25) is 0 Å². The van der Waals surface area contributed by atoms with Gasteiger partial charge in [-0.2, -0.15) is 0 Å². The average Bonchev–Trinajstić information content (AvgIpc) is 2.73. The maximum atomic E-state index is 13.7. The van der Waals surface area contributed by atoms with Crippen molar-refractivity contribution in [2.45, 2.75) is 45.3 Å². The van der Waals surface area contributed by atoms with E-state index < -0.39 is 27.8 Å². The molecule has 1 aliphatic heterocycles. The molecule has 0 saturated carbocycles. The summed E-state index contributed by atoms with van der Waals surface area (Å²) in [4.78, 5) is 15.3. The standard InChI is InChI=1S/C23H30FN3O3S/c1-18(27(31(2,29)30)22-12-8-11-21(24)15-22)23(28)25-16-19-9-4-5-10-20(19)17-26-13-6-3-7-14-26/h4-5,8-12,15,18H,3,6-7,13-14,16-17H2,1-2H3,(H,25,28). The van der Waals surface area contributed by atoms with E-state index in [9.17, 15) is 17.6 Å². The van der Waals surface area contributed by atoms with E-state index in [2.05, 4.69) is 16.3 Å². The summed E-state index contributed by atoms with van der Waals surface area (Å²) < 4.78 is 39.3. The van der Waals surface area contributed by atoms with Crippen LogP contribution in [0.3, 0.4) is 0 Å². The Morgan fingerprint density at radius 3 is 2.42 bits per heavy atom. The Bertz CT molecular complexity index is 1010. The lowest BCUT2D eigenvalue weighted by Gasteiger charge is -2.29. The normalized spacial score (nSPS) is 16.0. The molecule has 2 aromatic rings. The van der Waals surface area contributed by atoms with Crippen molar-refractivity contribution in [3.8, 4) is 0 Å². The lowest BCUT2D eigenvalue weighted by atomic mass is 10.0. The van der Waals surface area contributed by atoms with E-state index in [0.29, 0.717) is 6.54 Å². The summed E-state index contributed by atoms with van der Waals surface area (Å²) >= 11 is 0. The minimum Gasteiger partial charge on any atom is -0.350 e. The molecule has 0 aromatic heterocycles. The summed E-state index contributed by atoms with van der Waals surface area (Å²) in [5.41, 5.74) is 2.28. The molecule has 168 valence electrons. The zero-order valence-corrected chi connectivity index (χ0v) is 18.9. The van der Waals surface area contributed by atoms with Crippen LogP contribution in [-0.2, 0) is 27.9 Å². The number of hydrogen-bond donors (Lipinski definition) is 1. The maximum absolute atomic E-state index is 13.7. The molecule has 31 heavy (non-hydrogen) atoms. The van der Waals surface area contributed by atoms with Gasteiger partial charge in [0.1, 0.15) is 11.9 Å². The number of hydrogen-bond acceptors (Lipinski definition) is 4. The predicted molar refractivity (Wildman–Crippen MR) is 121 cm³/mol. The van der Waals surface area contributed by atoms with E-state index >= 15 is 0 Å². The topological polar surface area (TPSA) is 69.7 Å². The monoisotopic (exact) mass is 447 g/mol. The first kappa shape index (κ1) is 23.2. The molecule has 8 heteroatoms. The van der Waals surface area contributed by atoms with Crippen LogP contribution in [0, 0.1) is 5.82 Å². The summed E-state index contributed by atoms with van der Waals surface area (Å²) in [6.45, 7) is 4.79. The number of rotatable bonds is 8. The molecule has 1 amide bonds. The van der Waals surface area contributed by atoms with Gasteiger partial charge < -0.3 is 5.32 Å². The van der Waals surface area contributed by atoms with Crippen LogP contribution in [0.15, 0.2) is 48.5 Å². The van der Waals surface area contributed by atoms with Crippen molar-refractivity contribution >= 4 is 21.6 Å². The molecule has 0 radical (unpaired) electrons. The van der Waals surface area contributed by atoms with Gasteiger partial charge in [-0.25, -0.2) is 12.8 Å². The van der Waals surface area contributed by atoms with Crippen LogP contribution in [0.1, 0.15) is 37.3 Å². The van der Waals surface area contributed by atoms with Crippen molar-refractivity contribution in [3.63, 3.8) is 0 Å². The molecule has 0 bridgehead atoms. The van der Waals surface area contributed by atoms with Gasteiger partial charge in [-0.15, -0.1) is 0 Å². The fourth-order valence-electron chi connectivity index (χ4n) is 3.99. The zero-order chi connectivity index (χ0) is 22.4. The van der Waals surface area contributed by atoms with Gasteiger partial charge in [0.15, 0.2) is 0 Å². The highest BCUT2D eigenvalue weighted by atomic mass is 32.2. The van der Waals surface area contributed by atoms with Crippen molar-refractivity contribution in [2.24, 2.45) is 0 Å². The van der Waals surface area contributed by atoms with E-state index in [1.807, 2.05) is 18.2 Å². The molecule has 1 aliphatic rings. The van der Waals surface area contributed by atoms with Crippen LogP contribution in [0.4, 0.5) is 10.1 Å². The molecular weight excluding hydrogens is 417 g/mol. The highest BCUT2D eigenvalue weighted by molar-refractivity contribution is 7.92. The number of piperidine rings is 1. The van der Waals surface area contributed by atoms with Crippen LogP contribution in [0.5, 0.6) is 0 Å². The molecule has 1 N–H and O–H groups in total. The third kappa shape index (κ3) is 6.27. The highest BCUT2D eigenvalue weighted by Gasteiger charge is 2.29. The van der Waals surface area contributed by atoms with Crippen LogP contribution >= 0.6 is 0 Å². The SMILES string of the molecule is CC(C(=O)NCc1ccccc1CN1CCCCC1)N(c1cccc(F)c1)S(C)(=O)=O. The Kier molecular flexibility index (Phi) is 7.67. The maximum Gasteiger partial charge on any atom is 0.243 e. The second kappa shape index (κ2) is 10.2. The largest absolute Gasteiger partial charge is 0.350 e. The van der Waals surface area contributed by atoms with Gasteiger partial charge in [0, 0.05) is 13.1 Å². The van der Waals surface area contributed by atoms with Gasteiger partial charge in [0.2, 0.25) is 15.9 Å². The molecule has 3 rings (SSSR count). The first-order chi connectivity index (χ1) is 14.8. The number of carbonyl (C=O) groups is 1. The van der Waals surface area contributed by atoms with Crippen molar-refractivity contribution < 1.29 is 17.6 Å². The molecule has 1 fully saturated rings. The van der Waals surface area contributed by atoms with Crippen molar-refractivity contribution in [3.05, 3.63) is 65.5 Å². The van der Waals surface area contributed by atoms with E-state index in [0.717, 1.165) is 47.4 Å². The second-order valence-electron chi connectivity index (χ2n) is 8.04. The summed E-state index contributed by atoms with van der Waals surface area (Å²) in [5, 5.41) is 2.86. The van der Waals surface area contributed by atoms with E-state index in [4.69, 9.17) is 0 Å². The number of nitrogens with zero attached hydrogens (tertiary/aromatic N) is 2. The smallest absolute Gasteiger partial charge is 0.243 e. The molecule has 1 unspecified atom stereocenters. The predicted octanol–water partition coefficient (Wildman–Crippen LogP) is 3.28. The Hall–Kier alpha value is -2.45. The summed E-state index contributed by atoms with van der Waals surface area (Å²) in [6.07, 6.45) is 4.69. The average molecular weight is 448 g/mol. The minimum atomic E-state index is -3.79. The number of anilines is 1. The van der Waals surface area contributed by atoms with Gasteiger partial charge in [-0.1, -0.05) is 36.8 Å². The number of sulfonamides is 1. The Morgan fingerprint density at radius 2 is 1.77 bits per heavy atom. The third-order valence-corrected chi connectivity index (χ3v) is 6.81. The lowest BCUT2D eigenvalue weighted by molar-refractivity contribution is -0.122. The molecule has 6 nitrogen and oxygen atoms in total. The van der Waals surface area contributed by atoms with Crippen molar-refractivity contribution in [1.29, 1.82) is 0 Å². The number of benzene rings is 2. The summed E-state index contributed by atoms with van der Waals surface area (Å²) in [7, 11) is -3.79. The summed E-state index contributed by atoms with van der Waals surface area (Å²) in [5.74, 6) is -1.01. The molecule has 0 spiro atoms. The van der Waals surface area contributed by atoms with Crippen LogP contribution in [0.25, 0.3) is 0 Å². The number of nitrogens with one attached hydrogen (secondary N) is 1. The number of carbonyl (C=O) groups excluding carboxylic acids is 1. The molecule has 0 aliphatic carbocycles. The Labute approximate surface area is 184 Å². The molecule has 2 aromatic carbocycles. The first-order valence-electron chi connectivity index (χ1n) is 10.6. The van der Waals surface area contributed by atoms with E-state index in [1.165, 1.54) is 44.4 Å². The van der Waals surface area contributed by atoms with E-state index in [1.54, 1.807) is 0 Å². The van der Waals surface area contributed by atoms with Crippen LogP contribution in [-0.4, -0.2) is 44.6 Å². The quantitative estimate of drug-likeness (QED) is 0.674. The third-order valence-electron chi connectivity index (χ3n) is 5.57. The van der Waals surface area contributed by atoms with Crippen molar-refractivity contribution in [1.82, 2.24) is 10.2 Å². The molecular formula is C23H30FN3O3S. The van der Waals surface area contributed by atoms with Gasteiger partial charge >= 0.3 is 0 Å². The molecule has 1 heterocycles. The fourth-order valence-corrected chi connectivity index (χ4v) is 5.16. The molecule has 1 atom stereocenters. The fraction of sp³-hybridized carbons (Fsp3) is 0.435. The number of amides is 1. The zero-order valence-electron chi connectivity index (χ0n) is 18.1. The summed E-state index contributed by atoms with van der Waals surface area (Å²) in [6, 6.07) is 12.2. The number of likely N-dealkylation sites (tertiary alicyclic amines) is 1. The van der Waals surface area contributed by atoms with Crippen molar-refractivity contribution in [2.75, 3.05) is 23.7 Å². The lowest BCUT2D eigenvalue weighted by Crippen LogP contribution is -2.47. The van der Waals surface area contributed by atoms with Gasteiger partial charge in [0.05, 0.1) is 11.9 Å². The second-order valence-corrected chi connectivity index (χ2v) is 9.90.